The Morgan fingerprint density at radius 3 is 2.56 bits per heavy atom. The summed E-state index contributed by atoms with van der Waals surface area (Å²) in [5.41, 5.74) is 5.02. The highest BCUT2D eigenvalue weighted by molar-refractivity contribution is 5.30. The molecule has 1 aromatic heterocycles. The van der Waals surface area contributed by atoms with Crippen LogP contribution < -0.4 is 5.32 Å². The zero-order valence-electron chi connectivity index (χ0n) is 11.6. The van der Waals surface area contributed by atoms with E-state index in [4.69, 9.17) is 0 Å². The van der Waals surface area contributed by atoms with Gasteiger partial charge in [-0.15, -0.1) is 0 Å². The van der Waals surface area contributed by atoms with Crippen LogP contribution in [0, 0.1) is 13.8 Å². The molecule has 1 unspecified atom stereocenters. The molecule has 1 aromatic carbocycles. The average molecular weight is 243 g/mol. The van der Waals surface area contributed by atoms with Crippen LogP contribution in [0.15, 0.2) is 30.3 Å². The van der Waals surface area contributed by atoms with Crippen LogP contribution >= 0.6 is 0 Å². The molecule has 0 saturated heterocycles. The quantitative estimate of drug-likeness (QED) is 0.894. The van der Waals surface area contributed by atoms with Crippen molar-refractivity contribution in [1.82, 2.24) is 15.1 Å². The van der Waals surface area contributed by atoms with Gasteiger partial charge in [0.05, 0.1) is 5.69 Å². The number of rotatable bonds is 4. The number of nitrogens with zero attached hydrogens (tertiary/aromatic N) is 2. The third-order valence-corrected chi connectivity index (χ3v) is 3.42. The van der Waals surface area contributed by atoms with Crippen molar-refractivity contribution < 1.29 is 0 Å². The predicted octanol–water partition coefficient (Wildman–Crippen LogP) is 2.54. The Hall–Kier alpha value is -1.61. The topological polar surface area (TPSA) is 29.9 Å². The molecule has 0 fully saturated rings. The van der Waals surface area contributed by atoms with Crippen LogP contribution in [0.1, 0.15) is 28.6 Å². The zero-order chi connectivity index (χ0) is 13.1. The van der Waals surface area contributed by atoms with E-state index in [1.165, 1.54) is 16.8 Å². The van der Waals surface area contributed by atoms with E-state index in [1.54, 1.807) is 0 Å². The first-order valence-electron chi connectivity index (χ1n) is 6.34. The molecule has 1 heterocycles. The van der Waals surface area contributed by atoms with Crippen LogP contribution in [0.25, 0.3) is 0 Å². The molecule has 0 radical (unpaired) electrons. The number of nitrogens with one attached hydrogen (secondary N) is 1. The monoisotopic (exact) mass is 243 g/mol. The van der Waals surface area contributed by atoms with E-state index < -0.39 is 0 Å². The van der Waals surface area contributed by atoms with Gasteiger partial charge in [-0.05, 0) is 38.1 Å². The van der Waals surface area contributed by atoms with E-state index in [-0.39, 0.29) is 0 Å². The van der Waals surface area contributed by atoms with Crippen molar-refractivity contribution >= 4 is 0 Å². The van der Waals surface area contributed by atoms with Crippen molar-refractivity contribution in [3.63, 3.8) is 0 Å². The number of likely N-dealkylation sites (N-methyl/N-ethyl adjacent to an activating group) is 1. The van der Waals surface area contributed by atoms with Gasteiger partial charge in [0, 0.05) is 25.2 Å². The van der Waals surface area contributed by atoms with E-state index in [0.29, 0.717) is 6.04 Å². The fourth-order valence-electron chi connectivity index (χ4n) is 2.41. The summed E-state index contributed by atoms with van der Waals surface area (Å²) in [7, 11) is 4.02. The molecule has 0 aliphatic carbocycles. The lowest BCUT2D eigenvalue weighted by molar-refractivity contribution is 0.559. The molecule has 2 aromatic rings. The molecule has 2 rings (SSSR count). The number of hydrogen-bond acceptors (Lipinski definition) is 2. The number of hydrogen-bond donors (Lipinski definition) is 1. The molecule has 0 amide bonds. The van der Waals surface area contributed by atoms with Gasteiger partial charge in [-0.1, -0.05) is 24.3 Å². The summed E-state index contributed by atoms with van der Waals surface area (Å²) in [6, 6.07) is 11.0. The van der Waals surface area contributed by atoms with Crippen molar-refractivity contribution in [3.05, 3.63) is 52.8 Å². The summed E-state index contributed by atoms with van der Waals surface area (Å²) < 4.78 is 1.97. The highest BCUT2D eigenvalue weighted by Gasteiger charge is 2.14. The van der Waals surface area contributed by atoms with Crippen LogP contribution in [-0.2, 0) is 13.5 Å². The Balaban J connectivity index is 2.25. The maximum Gasteiger partial charge on any atom is 0.0596 e. The van der Waals surface area contributed by atoms with Crippen molar-refractivity contribution in [2.75, 3.05) is 7.05 Å². The highest BCUT2D eigenvalue weighted by atomic mass is 15.3. The van der Waals surface area contributed by atoms with Gasteiger partial charge in [0.1, 0.15) is 0 Å². The molecule has 0 aliphatic heterocycles. The third kappa shape index (κ3) is 2.62. The second-order valence-electron chi connectivity index (χ2n) is 4.80. The van der Waals surface area contributed by atoms with Crippen molar-refractivity contribution in [2.24, 2.45) is 7.05 Å². The minimum atomic E-state index is 0.334. The maximum absolute atomic E-state index is 4.40. The normalized spacial score (nSPS) is 12.7. The van der Waals surface area contributed by atoms with Gasteiger partial charge in [-0.2, -0.15) is 5.10 Å². The van der Waals surface area contributed by atoms with E-state index in [1.807, 2.05) is 25.7 Å². The molecule has 1 N–H and O–H groups in total. The lowest BCUT2D eigenvalue weighted by Crippen LogP contribution is -2.21. The van der Waals surface area contributed by atoms with E-state index in [0.717, 1.165) is 12.1 Å². The van der Waals surface area contributed by atoms with Crippen LogP contribution in [0.2, 0.25) is 0 Å². The number of benzene rings is 1. The highest BCUT2D eigenvalue weighted by Crippen LogP contribution is 2.21. The summed E-state index contributed by atoms with van der Waals surface area (Å²) in [6.45, 7) is 4.19. The summed E-state index contributed by atoms with van der Waals surface area (Å²) in [5.74, 6) is 0. The van der Waals surface area contributed by atoms with Gasteiger partial charge >= 0.3 is 0 Å². The molecule has 3 nitrogen and oxygen atoms in total. The van der Waals surface area contributed by atoms with Crippen molar-refractivity contribution in [1.29, 1.82) is 0 Å². The molecule has 0 saturated carbocycles. The second kappa shape index (κ2) is 5.36. The van der Waals surface area contributed by atoms with Crippen LogP contribution in [0.3, 0.4) is 0 Å². The van der Waals surface area contributed by atoms with Crippen molar-refractivity contribution in [2.45, 2.75) is 26.3 Å². The minimum Gasteiger partial charge on any atom is -0.313 e. The van der Waals surface area contributed by atoms with Crippen LogP contribution in [0.5, 0.6) is 0 Å². The van der Waals surface area contributed by atoms with Gasteiger partial charge in [-0.3, -0.25) is 4.68 Å². The predicted molar refractivity (Wildman–Crippen MR) is 74.6 cm³/mol. The largest absolute Gasteiger partial charge is 0.313 e. The SMILES string of the molecule is CNC(Cc1cc(C)nn1C)c1ccccc1C. The Kier molecular flexibility index (Phi) is 3.82. The summed E-state index contributed by atoms with van der Waals surface area (Å²) >= 11 is 0. The van der Waals surface area contributed by atoms with Gasteiger partial charge in [0.2, 0.25) is 0 Å². The lowest BCUT2D eigenvalue weighted by Gasteiger charge is -2.18. The molecular formula is C15H21N3. The van der Waals surface area contributed by atoms with Crippen molar-refractivity contribution in [3.8, 4) is 0 Å². The van der Waals surface area contributed by atoms with Gasteiger partial charge < -0.3 is 5.32 Å². The first kappa shape index (κ1) is 12.8. The first-order valence-corrected chi connectivity index (χ1v) is 6.34. The third-order valence-electron chi connectivity index (χ3n) is 3.42. The minimum absolute atomic E-state index is 0.334. The standard InChI is InChI=1S/C15H21N3/c1-11-7-5-6-8-14(11)15(16-3)10-13-9-12(2)17-18(13)4/h5-9,15-16H,10H2,1-4H3. The fraction of sp³-hybridized carbons (Fsp3) is 0.400. The summed E-state index contributed by atoms with van der Waals surface area (Å²) in [6.07, 6.45) is 0.957. The molecule has 1 atom stereocenters. The van der Waals surface area contributed by atoms with Gasteiger partial charge in [-0.25, -0.2) is 0 Å². The Labute approximate surface area is 109 Å². The lowest BCUT2D eigenvalue weighted by atomic mass is 9.97. The Morgan fingerprint density at radius 1 is 1.28 bits per heavy atom. The Morgan fingerprint density at radius 2 is 2.00 bits per heavy atom. The van der Waals surface area contributed by atoms with Gasteiger partial charge in [0.25, 0.3) is 0 Å². The number of aryl methyl sites for hydroxylation is 3. The maximum atomic E-state index is 4.40. The Bertz CT molecular complexity index is 528. The molecule has 0 bridgehead atoms. The molecule has 3 heteroatoms. The van der Waals surface area contributed by atoms with Gasteiger partial charge in [0.15, 0.2) is 0 Å². The summed E-state index contributed by atoms with van der Waals surface area (Å²) in [4.78, 5) is 0. The number of aromatic nitrogens is 2. The smallest absolute Gasteiger partial charge is 0.0596 e. The fourth-order valence-corrected chi connectivity index (χ4v) is 2.41. The van der Waals surface area contributed by atoms with Crippen LogP contribution in [-0.4, -0.2) is 16.8 Å². The molecule has 18 heavy (non-hydrogen) atoms. The van der Waals surface area contributed by atoms with E-state index in [9.17, 15) is 0 Å². The van der Waals surface area contributed by atoms with Crippen LogP contribution in [0.4, 0.5) is 0 Å². The first-order chi connectivity index (χ1) is 8.61. The zero-order valence-corrected chi connectivity index (χ0v) is 11.6. The van der Waals surface area contributed by atoms with E-state index >= 15 is 0 Å². The second-order valence-corrected chi connectivity index (χ2v) is 4.80. The molecule has 0 spiro atoms. The summed E-state index contributed by atoms with van der Waals surface area (Å²) in [5, 5.41) is 7.81. The molecule has 96 valence electrons. The average Bonchev–Trinajstić information content (AvgIpc) is 2.66. The molecule has 0 aliphatic rings. The molecular weight excluding hydrogens is 222 g/mol. The van der Waals surface area contributed by atoms with E-state index in [2.05, 4.69) is 47.7 Å².